The fourth-order valence-corrected chi connectivity index (χ4v) is 2.44. The fraction of sp³-hybridized carbons (Fsp3) is 0.0556. The number of anilines is 3. The van der Waals surface area contributed by atoms with Crippen molar-refractivity contribution >= 4 is 46.3 Å². The summed E-state index contributed by atoms with van der Waals surface area (Å²) in [6, 6.07) is 15.4. The molecule has 1 aromatic heterocycles. The maximum atomic E-state index is 12.3. The molecule has 3 rings (SSSR count). The lowest BCUT2D eigenvalue weighted by Gasteiger charge is -2.08. The zero-order chi connectivity index (χ0) is 18.5. The van der Waals surface area contributed by atoms with Gasteiger partial charge in [-0.15, -0.1) is 10.2 Å². The maximum absolute atomic E-state index is 12.3. The number of hydrogen-bond acceptors (Lipinski definition) is 5. The first-order valence-corrected chi connectivity index (χ1v) is 8.32. The van der Waals surface area contributed by atoms with E-state index in [2.05, 4.69) is 20.8 Å². The van der Waals surface area contributed by atoms with E-state index in [-0.39, 0.29) is 11.6 Å². The van der Waals surface area contributed by atoms with Crippen molar-refractivity contribution in [1.29, 1.82) is 0 Å². The number of ether oxygens (including phenoxy) is 1. The monoisotopic (exact) mass is 388 g/mol. The van der Waals surface area contributed by atoms with Gasteiger partial charge in [-0.3, -0.25) is 4.79 Å². The smallest absolute Gasteiger partial charge is 0.276 e. The van der Waals surface area contributed by atoms with Gasteiger partial charge in [0.15, 0.2) is 11.5 Å². The average Bonchev–Trinajstić information content (AvgIpc) is 2.65. The summed E-state index contributed by atoms with van der Waals surface area (Å²) in [6.07, 6.45) is 0. The van der Waals surface area contributed by atoms with Crippen LogP contribution in [-0.4, -0.2) is 23.2 Å². The van der Waals surface area contributed by atoms with Crippen molar-refractivity contribution in [3.8, 4) is 5.75 Å². The molecule has 6 nitrogen and oxygen atoms in total. The second-order valence-corrected chi connectivity index (χ2v) is 6.06. The van der Waals surface area contributed by atoms with Gasteiger partial charge in [0, 0.05) is 17.4 Å². The number of rotatable bonds is 5. The van der Waals surface area contributed by atoms with Gasteiger partial charge < -0.3 is 15.4 Å². The van der Waals surface area contributed by atoms with Crippen LogP contribution in [0.25, 0.3) is 0 Å². The summed E-state index contributed by atoms with van der Waals surface area (Å²) < 4.78 is 5.12. The van der Waals surface area contributed by atoms with E-state index >= 15 is 0 Å². The number of carbonyl (C=O) groups is 1. The number of hydrogen-bond donors (Lipinski definition) is 2. The van der Waals surface area contributed by atoms with Crippen molar-refractivity contribution in [2.45, 2.75) is 0 Å². The van der Waals surface area contributed by atoms with E-state index in [0.29, 0.717) is 33.0 Å². The normalized spacial score (nSPS) is 10.3. The Morgan fingerprint density at radius 2 is 1.81 bits per heavy atom. The first-order valence-electron chi connectivity index (χ1n) is 7.56. The molecule has 0 aliphatic rings. The maximum Gasteiger partial charge on any atom is 0.276 e. The molecular weight excluding hydrogens is 375 g/mol. The van der Waals surface area contributed by atoms with Crippen molar-refractivity contribution in [3.05, 3.63) is 70.3 Å². The Bertz CT molecular complexity index is 933. The highest BCUT2D eigenvalue weighted by Crippen LogP contribution is 2.26. The molecule has 0 unspecified atom stereocenters. The molecule has 26 heavy (non-hydrogen) atoms. The quantitative estimate of drug-likeness (QED) is 0.656. The van der Waals surface area contributed by atoms with Gasteiger partial charge in [-0.1, -0.05) is 29.3 Å². The number of aromatic nitrogens is 2. The molecular formula is C18H14Cl2N4O2. The zero-order valence-electron chi connectivity index (χ0n) is 13.7. The Hall–Kier alpha value is -2.83. The molecule has 0 aliphatic heterocycles. The SMILES string of the molecule is COc1cccc(NC(=O)c2ccc(Nc3ccc(Cl)c(Cl)c3)nn2)c1. The molecule has 1 heterocycles. The summed E-state index contributed by atoms with van der Waals surface area (Å²) in [5, 5.41) is 14.6. The van der Waals surface area contributed by atoms with Gasteiger partial charge in [-0.2, -0.15) is 0 Å². The van der Waals surface area contributed by atoms with Crippen LogP contribution in [0.5, 0.6) is 5.75 Å². The van der Waals surface area contributed by atoms with Gasteiger partial charge in [0.05, 0.1) is 17.2 Å². The minimum absolute atomic E-state index is 0.188. The molecule has 0 atom stereocenters. The minimum atomic E-state index is -0.369. The van der Waals surface area contributed by atoms with Gasteiger partial charge in [-0.25, -0.2) is 0 Å². The van der Waals surface area contributed by atoms with Crippen LogP contribution in [0.15, 0.2) is 54.6 Å². The highest BCUT2D eigenvalue weighted by atomic mass is 35.5. The molecule has 1 amide bonds. The Morgan fingerprint density at radius 1 is 0.962 bits per heavy atom. The number of carbonyl (C=O) groups excluding carboxylic acids is 1. The molecule has 0 radical (unpaired) electrons. The highest BCUT2D eigenvalue weighted by Gasteiger charge is 2.09. The first kappa shape index (κ1) is 18.0. The summed E-state index contributed by atoms with van der Waals surface area (Å²) in [7, 11) is 1.56. The van der Waals surface area contributed by atoms with E-state index in [4.69, 9.17) is 27.9 Å². The Kier molecular flexibility index (Phi) is 5.55. The van der Waals surface area contributed by atoms with Crippen LogP contribution in [0, 0.1) is 0 Å². The largest absolute Gasteiger partial charge is 0.497 e. The molecule has 0 fully saturated rings. The molecule has 0 saturated heterocycles. The predicted octanol–water partition coefficient (Wildman–Crippen LogP) is 4.79. The lowest BCUT2D eigenvalue weighted by Crippen LogP contribution is -2.14. The minimum Gasteiger partial charge on any atom is -0.497 e. The van der Waals surface area contributed by atoms with Crippen LogP contribution >= 0.6 is 23.2 Å². The molecule has 8 heteroatoms. The highest BCUT2D eigenvalue weighted by molar-refractivity contribution is 6.42. The van der Waals surface area contributed by atoms with Crippen molar-refractivity contribution in [2.75, 3.05) is 17.7 Å². The van der Waals surface area contributed by atoms with Crippen LogP contribution in [-0.2, 0) is 0 Å². The summed E-state index contributed by atoms with van der Waals surface area (Å²) in [6.45, 7) is 0. The van der Waals surface area contributed by atoms with E-state index in [1.54, 1.807) is 61.7 Å². The van der Waals surface area contributed by atoms with Crippen LogP contribution in [0.4, 0.5) is 17.2 Å². The summed E-state index contributed by atoms with van der Waals surface area (Å²) in [5.74, 6) is 0.753. The lowest BCUT2D eigenvalue weighted by atomic mass is 10.3. The number of methoxy groups -OCH3 is 1. The summed E-state index contributed by atoms with van der Waals surface area (Å²) in [4.78, 5) is 12.3. The van der Waals surface area contributed by atoms with Crippen LogP contribution in [0.3, 0.4) is 0 Å². The number of nitrogens with zero attached hydrogens (tertiary/aromatic N) is 2. The Morgan fingerprint density at radius 3 is 2.50 bits per heavy atom. The summed E-state index contributed by atoms with van der Waals surface area (Å²) >= 11 is 11.9. The van der Waals surface area contributed by atoms with Crippen LogP contribution in [0.2, 0.25) is 10.0 Å². The molecule has 0 bridgehead atoms. The van der Waals surface area contributed by atoms with Gasteiger partial charge in [0.1, 0.15) is 5.75 Å². The molecule has 132 valence electrons. The van der Waals surface area contributed by atoms with Crippen molar-refractivity contribution in [3.63, 3.8) is 0 Å². The van der Waals surface area contributed by atoms with E-state index in [9.17, 15) is 4.79 Å². The van der Waals surface area contributed by atoms with E-state index in [1.807, 2.05) is 0 Å². The van der Waals surface area contributed by atoms with Crippen LogP contribution in [0.1, 0.15) is 10.5 Å². The van der Waals surface area contributed by atoms with Gasteiger partial charge in [0.2, 0.25) is 0 Å². The number of amides is 1. The Labute approximate surface area is 160 Å². The average molecular weight is 389 g/mol. The fourth-order valence-electron chi connectivity index (χ4n) is 2.14. The second-order valence-electron chi connectivity index (χ2n) is 5.24. The second kappa shape index (κ2) is 8.03. The van der Waals surface area contributed by atoms with Crippen molar-refractivity contribution in [1.82, 2.24) is 10.2 Å². The molecule has 0 spiro atoms. The van der Waals surface area contributed by atoms with E-state index < -0.39 is 0 Å². The number of halogens is 2. The Balaban J connectivity index is 1.68. The number of nitrogens with one attached hydrogen (secondary N) is 2. The number of benzene rings is 2. The third-order valence-corrected chi connectivity index (χ3v) is 4.16. The van der Waals surface area contributed by atoms with Crippen molar-refractivity contribution < 1.29 is 9.53 Å². The molecule has 2 aromatic carbocycles. The molecule has 0 aliphatic carbocycles. The summed E-state index contributed by atoms with van der Waals surface area (Å²) in [5.41, 5.74) is 1.50. The topological polar surface area (TPSA) is 76.1 Å². The van der Waals surface area contributed by atoms with E-state index in [1.165, 1.54) is 0 Å². The third-order valence-electron chi connectivity index (χ3n) is 3.42. The first-order chi connectivity index (χ1) is 12.5. The zero-order valence-corrected chi connectivity index (χ0v) is 15.2. The van der Waals surface area contributed by atoms with Crippen LogP contribution < -0.4 is 15.4 Å². The standard InChI is InChI=1S/C18H14Cl2N4O2/c1-26-13-4-2-3-11(9-13)22-18(25)16-7-8-17(24-23-16)21-12-5-6-14(19)15(20)10-12/h2-10H,1H3,(H,21,24)(H,22,25). The van der Waals surface area contributed by atoms with E-state index in [0.717, 1.165) is 0 Å². The van der Waals surface area contributed by atoms with Gasteiger partial charge >= 0.3 is 0 Å². The van der Waals surface area contributed by atoms with Gasteiger partial charge in [0.25, 0.3) is 5.91 Å². The molecule has 0 saturated carbocycles. The lowest BCUT2D eigenvalue weighted by molar-refractivity contribution is 0.102. The van der Waals surface area contributed by atoms with Crippen molar-refractivity contribution in [2.24, 2.45) is 0 Å². The molecule has 3 aromatic rings. The predicted molar refractivity (Wildman–Crippen MR) is 103 cm³/mol. The molecule has 2 N–H and O–H groups in total. The van der Waals surface area contributed by atoms with Gasteiger partial charge in [-0.05, 0) is 42.5 Å². The third kappa shape index (κ3) is 4.41.